The number of nitrogens with one attached hydrogen (secondary N) is 1. The van der Waals surface area contributed by atoms with Crippen molar-refractivity contribution in [1.29, 1.82) is 0 Å². The Morgan fingerprint density at radius 3 is 3.13 bits per heavy atom. The van der Waals surface area contributed by atoms with Gasteiger partial charge in [0, 0.05) is 11.3 Å². The van der Waals surface area contributed by atoms with E-state index < -0.39 is 0 Å². The van der Waals surface area contributed by atoms with Gasteiger partial charge in [-0.2, -0.15) is 0 Å². The first kappa shape index (κ1) is 9.35. The second kappa shape index (κ2) is 4.34. The van der Waals surface area contributed by atoms with E-state index in [2.05, 4.69) is 16.2 Å². The monoisotopic (exact) mass is 198 g/mol. The number of aromatic nitrogens is 1. The molecule has 15 heavy (non-hydrogen) atoms. The van der Waals surface area contributed by atoms with Gasteiger partial charge in [-0.1, -0.05) is 18.1 Å². The highest BCUT2D eigenvalue weighted by molar-refractivity contribution is 5.63. The van der Waals surface area contributed by atoms with Crippen LogP contribution >= 0.6 is 0 Å². The number of nitrogens with zero attached hydrogens (tertiary/aromatic N) is 1. The molecule has 0 aliphatic heterocycles. The van der Waals surface area contributed by atoms with Gasteiger partial charge in [-0.3, -0.25) is 0 Å². The van der Waals surface area contributed by atoms with Crippen LogP contribution in [-0.4, -0.2) is 11.5 Å². The Morgan fingerprint density at radius 1 is 1.47 bits per heavy atom. The Balaban J connectivity index is 2.24. The highest BCUT2D eigenvalue weighted by Gasteiger charge is 2.01. The fraction of sp³-hybridized carbons (Fsp3) is 0.0833. The third-order valence-corrected chi connectivity index (χ3v) is 1.97. The molecule has 1 heterocycles. The lowest BCUT2D eigenvalue weighted by Crippen LogP contribution is -1.97. The molecule has 0 saturated carbocycles. The fourth-order valence-corrected chi connectivity index (χ4v) is 1.29. The zero-order valence-electron chi connectivity index (χ0n) is 8.10. The zero-order chi connectivity index (χ0) is 10.5. The van der Waals surface area contributed by atoms with Crippen LogP contribution < -0.4 is 5.32 Å². The summed E-state index contributed by atoms with van der Waals surface area (Å²) in [6.07, 6.45) is 8.26. The van der Waals surface area contributed by atoms with Crippen LogP contribution in [0.3, 0.4) is 0 Å². The van der Waals surface area contributed by atoms with E-state index in [1.807, 2.05) is 24.3 Å². The normalized spacial score (nSPS) is 9.53. The predicted octanol–water partition coefficient (Wildman–Crippen LogP) is 2.39. The van der Waals surface area contributed by atoms with Crippen molar-refractivity contribution >= 4 is 5.69 Å². The molecule has 2 rings (SSSR count). The molecule has 0 bridgehead atoms. The summed E-state index contributed by atoms with van der Waals surface area (Å²) in [6, 6.07) is 7.83. The van der Waals surface area contributed by atoms with Crippen LogP contribution in [0, 0.1) is 12.3 Å². The molecule has 0 radical (unpaired) electrons. The standard InChI is InChI=1S/C12H10N2O/c1-2-6-14-11-5-3-4-10(7-11)12-8-13-9-15-12/h1,3-5,7-9,14H,6H2. The second-order valence-electron chi connectivity index (χ2n) is 3.00. The van der Waals surface area contributed by atoms with E-state index in [1.165, 1.54) is 6.39 Å². The van der Waals surface area contributed by atoms with E-state index in [4.69, 9.17) is 10.8 Å². The summed E-state index contributed by atoms with van der Waals surface area (Å²) >= 11 is 0. The molecule has 0 saturated heterocycles. The van der Waals surface area contributed by atoms with Gasteiger partial charge in [0.25, 0.3) is 0 Å². The molecule has 3 heteroatoms. The van der Waals surface area contributed by atoms with Gasteiger partial charge in [-0.15, -0.1) is 6.42 Å². The summed E-state index contributed by atoms with van der Waals surface area (Å²) in [5, 5.41) is 3.10. The van der Waals surface area contributed by atoms with E-state index in [0.29, 0.717) is 6.54 Å². The van der Waals surface area contributed by atoms with Crippen molar-refractivity contribution in [2.24, 2.45) is 0 Å². The van der Waals surface area contributed by atoms with Gasteiger partial charge >= 0.3 is 0 Å². The minimum absolute atomic E-state index is 0.514. The quantitative estimate of drug-likeness (QED) is 0.769. The number of hydrogen-bond donors (Lipinski definition) is 1. The van der Waals surface area contributed by atoms with Crippen LogP contribution in [0.4, 0.5) is 5.69 Å². The van der Waals surface area contributed by atoms with Gasteiger partial charge in [-0.25, -0.2) is 4.98 Å². The molecule has 0 aliphatic rings. The molecule has 2 aromatic rings. The van der Waals surface area contributed by atoms with Gasteiger partial charge < -0.3 is 9.73 Å². The molecule has 0 unspecified atom stereocenters. The third-order valence-electron chi connectivity index (χ3n) is 1.97. The van der Waals surface area contributed by atoms with E-state index in [9.17, 15) is 0 Å². The van der Waals surface area contributed by atoms with E-state index in [1.54, 1.807) is 6.20 Å². The number of hydrogen-bond acceptors (Lipinski definition) is 3. The molecule has 1 aromatic carbocycles. The Morgan fingerprint density at radius 2 is 2.40 bits per heavy atom. The molecular formula is C12H10N2O. The van der Waals surface area contributed by atoms with E-state index in [0.717, 1.165) is 17.0 Å². The maximum atomic E-state index is 5.20. The van der Waals surface area contributed by atoms with E-state index >= 15 is 0 Å². The SMILES string of the molecule is C#CCNc1cccc(-c2cnco2)c1. The molecule has 0 amide bonds. The minimum Gasteiger partial charge on any atom is -0.444 e. The van der Waals surface area contributed by atoms with Crippen LogP contribution in [-0.2, 0) is 0 Å². The Labute approximate surface area is 88.1 Å². The smallest absolute Gasteiger partial charge is 0.181 e. The molecular weight excluding hydrogens is 188 g/mol. The predicted molar refractivity (Wildman–Crippen MR) is 59.3 cm³/mol. The average Bonchev–Trinajstić information content (AvgIpc) is 2.80. The summed E-state index contributed by atoms with van der Waals surface area (Å²) in [5.41, 5.74) is 1.95. The van der Waals surface area contributed by atoms with Crippen molar-refractivity contribution in [3.8, 4) is 23.7 Å². The number of benzene rings is 1. The Kier molecular flexibility index (Phi) is 2.70. The van der Waals surface area contributed by atoms with Gasteiger partial charge in [-0.05, 0) is 12.1 Å². The van der Waals surface area contributed by atoms with Gasteiger partial charge in [0.15, 0.2) is 12.2 Å². The van der Waals surface area contributed by atoms with Crippen molar-refractivity contribution in [2.45, 2.75) is 0 Å². The molecule has 1 N–H and O–H groups in total. The van der Waals surface area contributed by atoms with Crippen LogP contribution in [0.1, 0.15) is 0 Å². The van der Waals surface area contributed by atoms with Crippen molar-refractivity contribution < 1.29 is 4.42 Å². The zero-order valence-corrected chi connectivity index (χ0v) is 8.10. The third kappa shape index (κ3) is 2.18. The van der Waals surface area contributed by atoms with Crippen molar-refractivity contribution in [2.75, 3.05) is 11.9 Å². The topological polar surface area (TPSA) is 38.1 Å². The number of anilines is 1. The maximum Gasteiger partial charge on any atom is 0.181 e. The van der Waals surface area contributed by atoms with E-state index in [-0.39, 0.29) is 0 Å². The number of terminal acetylenes is 1. The number of oxazole rings is 1. The molecule has 1 aromatic heterocycles. The van der Waals surface area contributed by atoms with Crippen LogP contribution in [0.5, 0.6) is 0 Å². The molecule has 74 valence electrons. The summed E-state index contributed by atoms with van der Waals surface area (Å²) < 4.78 is 5.20. The lowest BCUT2D eigenvalue weighted by Gasteiger charge is -2.03. The molecule has 0 atom stereocenters. The summed E-state index contributed by atoms with van der Waals surface area (Å²) in [6.45, 7) is 0.514. The first-order valence-corrected chi connectivity index (χ1v) is 4.56. The first-order chi connectivity index (χ1) is 7.40. The summed E-state index contributed by atoms with van der Waals surface area (Å²) in [7, 11) is 0. The van der Waals surface area contributed by atoms with Crippen molar-refractivity contribution in [3.63, 3.8) is 0 Å². The highest BCUT2D eigenvalue weighted by atomic mass is 16.3. The van der Waals surface area contributed by atoms with Gasteiger partial charge in [0.2, 0.25) is 0 Å². The molecule has 0 aliphatic carbocycles. The van der Waals surface area contributed by atoms with Crippen molar-refractivity contribution in [1.82, 2.24) is 4.98 Å². The molecule has 3 nitrogen and oxygen atoms in total. The largest absolute Gasteiger partial charge is 0.444 e. The minimum atomic E-state index is 0.514. The maximum absolute atomic E-state index is 5.20. The van der Waals surface area contributed by atoms with Crippen LogP contribution in [0.15, 0.2) is 41.3 Å². The van der Waals surface area contributed by atoms with Gasteiger partial charge in [0.05, 0.1) is 12.7 Å². The Hall–Kier alpha value is -2.21. The fourth-order valence-electron chi connectivity index (χ4n) is 1.29. The van der Waals surface area contributed by atoms with Crippen molar-refractivity contribution in [3.05, 3.63) is 36.9 Å². The lowest BCUT2D eigenvalue weighted by atomic mass is 10.1. The highest BCUT2D eigenvalue weighted by Crippen LogP contribution is 2.21. The Bertz CT molecular complexity index is 469. The lowest BCUT2D eigenvalue weighted by molar-refractivity contribution is 0.572. The van der Waals surface area contributed by atoms with Crippen LogP contribution in [0.2, 0.25) is 0 Å². The molecule has 0 fully saturated rings. The second-order valence-corrected chi connectivity index (χ2v) is 3.00. The van der Waals surface area contributed by atoms with Gasteiger partial charge in [0.1, 0.15) is 0 Å². The summed E-state index contributed by atoms with van der Waals surface area (Å²) in [5.74, 6) is 3.27. The average molecular weight is 198 g/mol. The molecule has 0 spiro atoms. The number of rotatable bonds is 3. The van der Waals surface area contributed by atoms with Crippen LogP contribution in [0.25, 0.3) is 11.3 Å². The summed E-state index contributed by atoms with van der Waals surface area (Å²) in [4.78, 5) is 3.87. The first-order valence-electron chi connectivity index (χ1n) is 4.56.